The molecule has 0 bridgehead atoms. The fraction of sp³-hybridized carbons (Fsp3) is 0.440. The third-order valence-corrected chi connectivity index (χ3v) is 7.71. The number of hydrogen-bond donors (Lipinski definition) is 1. The molecule has 1 heterocycles. The number of piperidine rings is 1. The molecule has 1 fully saturated rings. The maximum atomic E-state index is 13.4. The van der Waals surface area contributed by atoms with E-state index in [0.29, 0.717) is 18.8 Å². The van der Waals surface area contributed by atoms with Gasteiger partial charge < -0.3 is 14.8 Å². The summed E-state index contributed by atoms with van der Waals surface area (Å²) in [6, 6.07) is 9.76. The van der Waals surface area contributed by atoms with Gasteiger partial charge in [0, 0.05) is 18.8 Å². The van der Waals surface area contributed by atoms with Gasteiger partial charge >= 0.3 is 5.97 Å². The van der Waals surface area contributed by atoms with Crippen molar-refractivity contribution >= 4 is 27.6 Å². The van der Waals surface area contributed by atoms with Gasteiger partial charge in [0.15, 0.2) is 6.61 Å². The van der Waals surface area contributed by atoms with Crippen molar-refractivity contribution in [1.82, 2.24) is 4.31 Å². The van der Waals surface area contributed by atoms with E-state index in [-0.39, 0.29) is 28.0 Å². The van der Waals surface area contributed by atoms with E-state index in [4.69, 9.17) is 9.47 Å². The molecule has 0 aliphatic carbocycles. The monoisotopic (exact) mass is 488 g/mol. The van der Waals surface area contributed by atoms with Crippen molar-refractivity contribution in [2.75, 3.05) is 32.1 Å². The Hall–Kier alpha value is -2.91. The van der Waals surface area contributed by atoms with Crippen molar-refractivity contribution < 1.29 is 27.5 Å². The Bertz CT molecular complexity index is 1170. The average Bonchev–Trinajstić information content (AvgIpc) is 2.78. The third kappa shape index (κ3) is 5.95. The van der Waals surface area contributed by atoms with Gasteiger partial charge in [-0.15, -0.1) is 0 Å². The molecule has 2 unspecified atom stereocenters. The number of anilines is 1. The maximum Gasteiger partial charge on any atom is 0.338 e. The molecule has 2 aromatic rings. The van der Waals surface area contributed by atoms with Crippen LogP contribution in [0.2, 0.25) is 0 Å². The van der Waals surface area contributed by atoms with Gasteiger partial charge in [-0.25, -0.2) is 13.2 Å². The summed E-state index contributed by atoms with van der Waals surface area (Å²) in [6.45, 7) is 8.13. The first kappa shape index (κ1) is 25.7. The van der Waals surface area contributed by atoms with Crippen LogP contribution in [0.4, 0.5) is 5.69 Å². The fourth-order valence-corrected chi connectivity index (χ4v) is 6.08. The van der Waals surface area contributed by atoms with Crippen LogP contribution in [0.3, 0.4) is 0 Å². The van der Waals surface area contributed by atoms with E-state index in [1.807, 2.05) is 45.9 Å². The van der Waals surface area contributed by atoms with Gasteiger partial charge in [-0.05, 0) is 67.5 Å². The molecule has 0 saturated carbocycles. The SMILES string of the molecule is COc1ccc(C(=O)OCC(=O)Nc2cc(C)ccc2C)cc1S(=O)(=O)N1CC(C)CC(C)C1. The van der Waals surface area contributed by atoms with Crippen LogP contribution in [0.5, 0.6) is 5.75 Å². The largest absolute Gasteiger partial charge is 0.495 e. The number of aryl methyl sites for hydroxylation is 2. The Balaban J connectivity index is 1.75. The van der Waals surface area contributed by atoms with Crippen molar-refractivity contribution in [3.05, 3.63) is 53.1 Å². The normalized spacial score (nSPS) is 18.9. The second-order valence-corrected chi connectivity index (χ2v) is 11.0. The van der Waals surface area contributed by atoms with Gasteiger partial charge in [0.1, 0.15) is 10.6 Å². The van der Waals surface area contributed by atoms with Crippen molar-refractivity contribution in [2.24, 2.45) is 11.8 Å². The highest BCUT2D eigenvalue weighted by atomic mass is 32.2. The second-order valence-electron chi connectivity index (χ2n) is 9.08. The Labute approximate surface area is 201 Å². The Morgan fingerprint density at radius 3 is 2.38 bits per heavy atom. The number of ether oxygens (including phenoxy) is 2. The molecule has 3 rings (SSSR count). The predicted molar refractivity (Wildman–Crippen MR) is 130 cm³/mol. The number of nitrogens with one attached hydrogen (secondary N) is 1. The molecule has 8 nitrogen and oxygen atoms in total. The first-order valence-corrected chi connectivity index (χ1v) is 12.7. The quantitative estimate of drug-likeness (QED) is 0.595. The number of esters is 1. The highest BCUT2D eigenvalue weighted by Crippen LogP contribution is 2.32. The number of nitrogens with zero attached hydrogens (tertiary/aromatic N) is 1. The summed E-state index contributed by atoms with van der Waals surface area (Å²) in [7, 11) is -2.51. The van der Waals surface area contributed by atoms with E-state index in [2.05, 4.69) is 5.32 Å². The zero-order chi connectivity index (χ0) is 25.0. The van der Waals surface area contributed by atoms with Crippen LogP contribution in [-0.4, -0.2) is 51.4 Å². The highest BCUT2D eigenvalue weighted by molar-refractivity contribution is 7.89. The number of amides is 1. The van der Waals surface area contributed by atoms with E-state index in [1.165, 1.54) is 29.6 Å². The number of carbonyl (C=O) groups excluding carboxylic acids is 2. The predicted octanol–water partition coefficient (Wildman–Crippen LogP) is 3.77. The lowest BCUT2D eigenvalue weighted by atomic mass is 9.94. The first-order valence-electron chi connectivity index (χ1n) is 11.2. The van der Waals surface area contributed by atoms with Crippen molar-refractivity contribution in [3.8, 4) is 5.75 Å². The van der Waals surface area contributed by atoms with Gasteiger partial charge in [-0.2, -0.15) is 4.31 Å². The Morgan fingerprint density at radius 1 is 1.06 bits per heavy atom. The van der Waals surface area contributed by atoms with Crippen molar-refractivity contribution in [1.29, 1.82) is 0 Å². The molecule has 184 valence electrons. The Morgan fingerprint density at radius 2 is 1.74 bits per heavy atom. The molecular formula is C25H32N2O6S. The molecule has 2 aromatic carbocycles. The maximum absolute atomic E-state index is 13.4. The number of hydrogen-bond acceptors (Lipinski definition) is 6. The van der Waals surface area contributed by atoms with E-state index >= 15 is 0 Å². The topological polar surface area (TPSA) is 102 Å². The van der Waals surface area contributed by atoms with Crippen molar-refractivity contribution in [3.63, 3.8) is 0 Å². The van der Waals surface area contributed by atoms with Crippen LogP contribution in [0, 0.1) is 25.7 Å². The van der Waals surface area contributed by atoms with Crippen LogP contribution in [0.1, 0.15) is 41.8 Å². The molecule has 1 saturated heterocycles. The number of sulfonamides is 1. The van der Waals surface area contributed by atoms with Gasteiger partial charge in [0.25, 0.3) is 5.91 Å². The highest BCUT2D eigenvalue weighted by Gasteiger charge is 2.34. The number of carbonyl (C=O) groups is 2. The zero-order valence-corrected chi connectivity index (χ0v) is 21.1. The number of methoxy groups -OCH3 is 1. The van der Waals surface area contributed by atoms with Crippen LogP contribution in [0.15, 0.2) is 41.3 Å². The van der Waals surface area contributed by atoms with Crippen LogP contribution < -0.4 is 10.1 Å². The molecule has 34 heavy (non-hydrogen) atoms. The lowest BCUT2D eigenvalue weighted by Crippen LogP contribution is -2.42. The number of rotatable bonds is 7. The summed E-state index contributed by atoms with van der Waals surface area (Å²) in [5, 5.41) is 2.72. The van der Waals surface area contributed by atoms with E-state index in [0.717, 1.165) is 17.5 Å². The summed E-state index contributed by atoms with van der Waals surface area (Å²) in [5.74, 6) is -0.674. The van der Waals surface area contributed by atoms with Crippen molar-refractivity contribution in [2.45, 2.75) is 39.0 Å². The standard InChI is InChI=1S/C25H32N2O6S/c1-16-6-7-19(4)21(11-16)26-24(28)15-33-25(29)20-8-9-22(32-5)23(12-20)34(30,31)27-13-17(2)10-18(3)14-27/h6-9,11-12,17-18H,10,13-15H2,1-5H3,(H,26,28). The molecule has 1 amide bonds. The molecule has 0 aromatic heterocycles. The second kappa shape index (κ2) is 10.6. The summed E-state index contributed by atoms with van der Waals surface area (Å²) >= 11 is 0. The minimum atomic E-state index is -3.89. The smallest absolute Gasteiger partial charge is 0.338 e. The molecule has 1 N–H and O–H groups in total. The van der Waals surface area contributed by atoms with E-state index in [1.54, 1.807) is 0 Å². The Kier molecular flexibility index (Phi) is 7.99. The lowest BCUT2D eigenvalue weighted by molar-refractivity contribution is -0.119. The van der Waals surface area contributed by atoms with Gasteiger partial charge in [0.05, 0.1) is 12.7 Å². The summed E-state index contributed by atoms with van der Waals surface area (Å²) in [5.41, 5.74) is 2.54. The zero-order valence-electron chi connectivity index (χ0n) is 20.3. The molecule has 1 aliphatic heterocycles. The van der Waals surface area contributed by atoms with Crippen LogP contribution >= 0.6 is 0 Å². The number of benzene rings is 2. The summed E-state index contributed by atoms with van der Waals surface area (Å²) < 4.78 is 38.7. The fourth-order valence-electron chi connectivity index (χ4n) is 4.22. The van der Waals surface area contributed by atoms with E-state index in [9.17, 15) is 18.0 Å². The summed E-state index contributed by atoms with van der Waals surface area (Å²) in [4.78, 5) is 24.8. The van der Waals surface area contributed by atoms with Gasteiger partial charge in [-0.1, -0.05) is 26.0 Å². The van der Waals surface area contributed by atoms with Crippen LogP contribution in [-0.2, 0) is 19.6 Å². The first-order chi connectivity index (χ1) is 16.0. The molecule has 2 atom stereocenters. The van der Waals surface area contributed by atoms with Gasteiger partial charge in [-0.3, -0.25) is 4.79 Å². The molecule has 1 aliphatic rings. The third-order valence-electron chi connectivity index (χ3n) is 5.85. The van der Waals surface area contributed by atoms with E-state index < -0.39 is 28.5 Å². The summed E-state index contributed by atoms with van der Waals surface area (Å²) in [6.07, 6.45) is 0.958. The average molecular weight is 489 g/mol. The molecule has 9 heteroatoms. The minimum absolute atomic E-state index is 0.0250. The molecular weight excluding hydrogens is 456 g/mol. The lowest BCUT2D eigenvalue weighted by Gasteiger charge is -2.34. The molecule has 0 spiro atoms. The molecule has 0 radical (unpaired) electrons. The van der Waals surface area contributed by atoms with Gasteiger partial charge in [0.2, 0.25) is 10.0 Å². The van der Waals surface area contributed by atoms with Crippen LogP contribution in [0.25, 0.3) is 0 Å². The minimum Gasteiger partial charge on any atom is -0.495 e.